The molecule has 3 atom stereocenters. The van der Waals surface area contributed by atoms with E-state index < -0.39 is 0 Å². The summed E-state index contributed by atoms with van der Waals surface area (Å²) in [5.41, 5.74) is 5.69. The molecule has 0 saturated heterocycles. The summed E-state index contributed by atoms with van der Waals surface area (Å²) in [6.07, 6.45) is 5.52. The Kier molecular flexibility index (Phi) is 6.09. The molecule has 0 aliphatic carbocycles. The zero-order chi connectivity index (χ0) is 9.56. The lowest BCUT2D eigenvalue weighted by molar-refractivity contribution is 0.350. The Morgan fingerprint density at radius 3 is 2.17 bits per heavy atom. The minimum atomic E-state index is 0.350. The van der Waals surface area contributed by atoms with E-state index in [9.17, 15) is 0 Å². The third-order valence-electron chi connectivity index (χ3n) is 2.59. The van der Waals surface area contributed by atoms with Crippen LogP contribution in [0.2, 0.25) is 0 Å². The molecule has 0 rings (SSSR count). The van der Waals surface area contributed by atoms with Gasteiger partial charge in [0, 0.05) is 6.04 Å². The van der Waals surface area contributed by atoms with Crippen LogP contribution in [0.4, 0.5) is 0 Å². The summed E-state index contributed by atoms with van der Waals surface area (Å²) in [5, 5.41) is 0. The maximum absolute atomic E-state index is 5.69. The minimum absolute atomic E-state index is 0.350. The Balaban J connectivity index is 3.55. The van der Waals surface area contributed by atoms with Crippen molar-refractivity contribution in [3.63, 3.8) is 0 Å². The van der Waals surface area contributed by atoms with Crippen LogP contribution in [0.25, 0.3) is 0 Å². The second-order valence-electron chi connectivity index (χ2n) is 4.03. The fraction of sp³-hybridized carbons (Fsp3) is 0.818. The summed E-state index contributed by atoms with van der Waals surface area (Å²) in [4.78, 5) is 0. The number of nitrogens with two attached hydrogens (primary N) is 1. The zero-order valence-corrected chi connectivity index (χ0v) is 8.72. The molecule has 0 aromatic rings. The lowest BCUT2D eigenvalue weighted by Gasteiger charge is -2.19. The highest BCUT2D eigenvalue weighted by Gasteiger charge is 2.10. The summed E-state index contributed by atoms with van der Waals surface area (Å²) in [7, 11) is 0. The number of hydrogen-bond acceptors (Lipinski definition) is 1. The van der Waals surface area contributed by atoms with E-state index in [2.05, 4.69) is 27.4 Å². The van der Waals surface area contributed by atoms with Gasteiger partial charge in [0.25, 0.3) is 0 Å². The third-order valence-corrected chi connectivity index (χ3v) is 2.59. The van der Waals surface area contributed by atoms with Crippen LogP contribution in [0.15, 0.2) is 12.7 Å². The van der Waals surface area contributed by atoms with Gasteiger partial charge in [-0.25, -0.2) is 0 Å². The molecule has 0 amide bonds. The Hall–Kier alpha value is -0.300. The van der Waals surface area contributed by atoms with Gasteiger partial charge in [-0.2, -0.15) is 0 Å². The van der Waals surface area contributed by atoms with Crippen molar-refractivity contribution in [3.05, 3.63) is 12.7 Å². The van der Waals surface area contributed by atoms with Crippen LogP contribution >= 0.6 is 0 Å². The van der Waals surface area contributed by atoms with Crippen molar-refractivity contribution < 1.29 is 0 Å². The van der Waals surface area contributed by atoms with E-state index in [0.717, 1.165) is 24.7 Å². The first kappa shape index (κ1) is 11.7. The van der Waals surface area contributed by atoms with E-state index in [1.807, 2.05) is 6.08 Å². The molecule has 0 fully saturated rings. The lowest BCUT2D eigenvalue weighted by Crippen LogP contribution is -2.17. The molecule has 0 aromatic heterocycles. The average molecular weight is 169 g/mol. The van der Waals surface area contributed by atoms with Crippen molar-refractivity contribution in [2.45, 2.75) is 46.1 Å². The quantitative estimate of drug-likeness (QED) is 0.608. The van der Waals surface area contributed by atoms with Gasteiger partial charge in [0.2, 0.25) is 0 Å². The van der Waals surface area contributed by atoms with Gasteiger partial charge in [0.15, 0.2) is 0 Å². The molecule has 0 saturated carbocycles. The molecule has 2 N–H and O–H groups in total. The monoisotopic (exact) mass is 169 g/mol. The molecule has 0 aliphatic rings. The first-order valence-corrected chi connectivity index (χ1v) is 4.94. The predicted octanol–water partition coefficient (Wildman–Crippen LogP) is 2.96. The topological polar surface area (TPSA) is 26.0 Å². The zero-order valence-electron chi connectivity index (χ0n) is 8.72. The van der Waals surface area contributed by atoms with E-state index in [-0.39, 0.29) is 0 Å². The standard InChI is InChI=1S/C11H23N/c1-5-6-9(2)10(3)7-8-11(4)12/h5,9-11H,1,6-8,12H2,2-4H3. The second kappa shape index (κ2) is 6.24. The van der Waals surface area contributed by atoms with Crippen LogP contribution < -0.4 is 5.73 Å². The van der Waals surface area contributed by atoms with E-state index in [0.29, 0.717) is 6.04 Å². The SMILES string of the molecule is C=CCC(C)C(C)CCC(C)N. The Labute approximate surface area is 77.0 Å². The first-order chi connectivity index (χ1) is 5.57. The van der Waals surface area contributed by atoms with Crippen molar-refractivity contribution in [2.75, 3.05) is 0 Å². The van der Waals surface area contributed by atoms with Gasteiger partial charge in [0.1, 0.15) is 0 Å². The number of allylic oxidation sites excluding steroid dienone is 1. The molecule has 0 aliphatic heterocycles. The maximum atomic E-state index is 5.69. The van der Waals surface area contributed by atoms with Crippen LogP contribution in [-0.2, 0) is 0 Å². The van der Waals surface area contributed by atoms with Crippen molar-refractivity contribution in [2.24, 2.45) is 17.6 Å². The van der Waals surface area contributed by atoms with E-state index in [1.54, 1.807) is 0 Å². The van der Waals surface area contributed by atoms with Crippen LogP contribution in [0.5, 0.6) is 0 Å². The van der Waals surface area contributed by atoms with Crippen molar-refractivity contribution >= 4 is 0 Å². The van der Waals surface area contributed by atoms with Crippen LogP contribution in [-0.4, -0.2) is 6.04 Å². The second-order valence-corrected chi connectivity index (χ2v) is 4.03. The number of hydrogen-bond donors (Lipinski definition) is 1. The lowest BCUT2D eigenvalue weighted by atomic mass is 9.88. The molecule has 0 bridgehead atoms. The Morgan fingerprint density at radius 2 is 1.75 bits per heavy atom. The smallest absolute Gasteiger partial charge is 0.00105 e. The Bertz CT molecular complexity index is 118. The molecular weight excluding hydrogens is 146 g/mol. The molecule has 72 valence electrons. The summed E-state index contributed by atoms with van der Waals surface area (Å²) in [6.45, 7) is 10.4. The van der Waals surface area contributed by atoms with Gasteiger partial charge >= 0.3 is 0 Å². The van der Waals surface area contributed by atoms with E-state index in [4.69, 9.17) is 5.73 Å². The highest BCUT2D eigenvalue weighted by molar-refractivity contribution is 4.74. The van der Waals surface area contributed by atoms with Crippen LogP contribution in [0, 0.1) is 11.8 Å². The van der Waals surface area contributed by atoms with Crippen molar-refractivity contribution in [3.8, 4) is 0 Å². The molecule has 1 nitrogen and oxygen atoms in total. The molecule has 0 heterocycles. The molecule has 0 radical (unpaired) electrons. The number of rotatable bonds is 6. The molecule has 12 heavy (non-hydrogen) atoms. The largest absolute Gasteiger partial charge is 0.328 e. The van der Waals surface area contributed by atoms with Crippen LogP contribution in [0.1, 0.15) is 40.0 Å². The average Bonchev–Trinajstić information content (AvgIpc) is 2.00. The predicted molar refractivity (Wildman–Crippen MR) is 56.0 cm³/mol. The minimum Gasteiger partial charge on any atom is -0.328 e. The third kappa shape index (κ3) is 5.36. The summed E-state index contributed by atoms with van der Waals surface area (Å²) in [6, 6.07) is 0.350. The summed E-state index contributed by atoms with van der Waals surface area (Å²) >= 11 is 0. The fourth-order valence-corrected chi connectivity index (χ4v) is 1.31. The molecule has 3 unspecified atom stereocenters. The van der Waals surface area contributed by atoms with E-state index >= 15 is 0 Å². The summed E-state index contributed by atoms with van der Waals surface area (Å²) < 4.78 is 0. The highest BCUT2D eigenvalue weighted by Crippen LogP contribution is 2.20. The van der Waals surface area contributed by atoms with E-state index in [1.165, 1.54) is 6.42 Å². The molecule has 1 heteroatoms. The maximum Gasteiger partial charge on any atom is 0.00105 e. The fourth-order valence-electron chi connectivity index (χ4n) is 1.31. The van der Waals surface area contributed by atoms with Gasteiger partial charge in [0.05, 0.1) is 0 Å². The molecule has 0 spiro atoms. The molecule has 0 aromatic carbocycles. The molecular formula is C11H23N. The van der Waals surface area contributed by atoms with Crippen molar-refractivity contribution in [1.29, 1.82) is 0 Å². The van der Waals surface area contributed by atoms with Gasteiger partial charge < -0.3 is 5.73 Å². The van der Waals surface area contributed by atoms with Gasteiger partial charge in [-0.3, -0.25) is 0 Å². The Morgan fingerprint density at radius 1 is 1.17 bits per heavy atom. The normalized spacial score (nSPS) is 18.3. The van der Waals surface area contributed by atoms with Gasteiger partial charge in [-0.15, -0.1) is 6.58 Å². The van der Waals surface area contributed by atoms with Gasteiger partial charge in [-0.1, -0.05) is 19.9 Å². The highest BCUT2D eigenvalue weighted by atomic mass is 14.6. The van der Waals surface area contributed by atoms with Gasteiger partial charge in [-0.05, 0) is 38.0 Å². The first-order valence-electron chi connectivity index (χ1n) is 4.94. The van der Waals surface area contributed by atoms with Crippen LogP contribution in [0.3, 0.4) is 0 Å². The van der Waals surface area contributed by atoms with Crippen molar-refractivity contribution in [1.82, 2.24) is 0 Å². The summed E-state index contributed by atoms with van der Waals surface area (Å²) in [5.74, 6) is 1.52.